The number of hydrogen-bond donors (Lipinski definition) is 1. The van der Waals surface area contributed by atoms with Crippen molar-refractivity contribution in [2.24, 2.45) is 5.41 Å². The standard InChI is InChI=1S/C14H26N4.C2H6/c1-13(2,3)15-9-5-6-12-10-16-17-18(12)11-14(4)7-8-14;1-2/h10,15H,5-9,11H2,1-4H3;1-2H3. The van der Waals surface area contributed by atoms with Gasteiger partial charge in [-0.1, -0.05) is 26.0 Å². The Labute approximate surface area is 124 Å². The van der Waals surface area contributed by atoms with Crippen molar-refractivity contribution in [2.45, 2.75) is 79.3 Å². The molecule has 116 valence electrons. The molecule has 0 saturated heterocycles. The first-order chi connectivity index (χ1) is 9.38. The molecule has 0 atom stereocenters. The fourth-order valence-corrected chi connectivity index (χ4v) is 2.07. The van der Waals surface area contributed by atoms with E-state index in [1.807, 2.05) is 20.0 Å². The molecule has 1 fully saturated rings. The van der Waals surface area contributed by atoms with Crippen LogP contribution in [-0.2, 0) is 13.0 Å². The van der Waals surface area contributed by atoms with E-state index in [9.17, 15) is 0 Å². The summed E-state index contributed by atoms with van der Waals surface area (Å²) in [6.07, 6.45) is 6.78. The van der Waals surface area contributed by atoms with Crippen molar-refractivity contribution < 1.29 is 0 Å². The van der Waals surface area contributed by atoms with Crippen molar-refractivity contribution in [1.29, 1.82) is 0 Å². The first-order valence-electron chi connectivity index (χ1n) is 8.00. The third-order valence-corrected chi connectivity index (χ3v) is 3.60. The van der Waals surface area contributed by atoms with Crippen LogP contribution in [0.25, 0.3) is 0 Å². The fourth-order valence-electron chi connectivity index (χ4n) is 2.07. The van der Waals surface area contributed by atoms with Crippen molar-refractivity contribution in [2.75, 3.05) is 6.54 Å². The van der Waals surface area contributed by atoms with Gasteiger partial charge in [-0.25, -0.2) is 4.68 Å². The molecule has 0 spiro atoms. The van der Waals surface area contributed by atoms with Crippen molar-refractivity contribution >= 4 is 0 Å². The van der Waals surface area contributed by atoms with Gasteiger partial charge in [0.25, 0.3) is 0 Å². The maximum atomic E-state index is 4.22. The Hall–Kier alpha value is -0.900. The predicted octanol–water partition coefficient (Wildman–Crippen LogP) is 3.43. The normalized spacial score (nSPS) is 16.5. The minimum atomic E-state index is 0.208. The zero-order chi connectivity index (χ0) is 15.2. The summed E-state index contributed by atoms with van der Waals surface area (Å²) in [5.74, 6) is 0. The van der Waals surface area contributed by atoms with E-state index in [2.05, 4.69) is 48.0 Å². The minimum Gasteiger partial charge on any atom is -0.312 e. The molecule has 0 bridgehead atoms. The lowest BCUT2D eigenvalue weighted by atomic mass is 10.1. The van der Waals surface area contributed by atoms with Crippen LogP contribution in [0, 0.1) is 5.41 Å². The van der Waals surface area contributed by atoms with Gasteiger partial charge in [-0.2, -0.15) is 0 Å². The summed E-state index contributed by atoms with van der Waals surface area (Å²) in [6.45, 7) is 15.0. The van der Waals surface area contributed by atoms with E-state index < -0.39 is 0 Å². The summed E-state index contributed by atoms with van der Waals surface area (Å²) >= 11 is 0. The molecular weight excluding hydrogens is 248 g/mol. The van der Waals surface area contributed by atoms with Crippen LogP contribution in [0.5, 0.6) is 0 Å². The van der Waals surface area contributed by atoms with Crippen LogP contribution in [0.4, 0.5) is 0 Å². The molecular formula is C16H32N4. The fraction of sp³-hybridized carbons (Fsp3) is 0.875. The number of nitrogens with zero attached hydrogens (tertiary/aromatic N) is 3. The molecule has 0 aromatic carbocycles. The highest BCUT2D eigenvalue weighted by molar-refractivity contribution is 4.98. The second-order valence-corrected chi connectivity index (χ2v) is 6.97. The number of nitrogens with one attached hydrogen (secondary N) is 1. The van der Waals surface area contributed by atoms with Gasteiger partial charge in [0, 0.05) is 12.1 Å². The smallest absolute Gasteiger partial charge is 0.0725 e. The van der Waals surface area contributed by atoms with Gasteiger partial charge < -0.3 is 5.32 Å². The summed E-state index contributed by atoms with van der Waals surface area (Å²) in [6, 6.07) is 0. The lowest BCUT2D eigenvalue weighted by Crippen LogP contribution is -2.36. The lowest BCUT2D eigenvalue weighted by Gasteiger charge is -2.20. The predicted molar refractivity (Wildman–Crippen MR) is 84.8 cm³/mol. The lowest BCUT2D eigenvalue weighted by molar-refractivity contribution is 0.403. The van der Waals surface area contributed by atoms with Crippen molar-refractivity contribution in [1.82, 2.24) is 20.3 Å². The summed E-state index contributed by atoms with van der Waals surface area (Å²) < 4.78 is 2.10. The molecule has 1 aromatic heterocycles. The number of aryl methyl sites for hydroxylation is 1. The van der Waals surface area contributed by atoms with Gasteiger partial charge in [-0.15, -0.1) is 5.10 Å². The van der Waals surface area contributed by atoms with Crippen LogP contribution in [-0.4, -0.2) is 27.1 Å². The van der Waals surface area contributed by atoms with E-state index in [0.717, 1.165) is 25.9 Å². The van der Waals surface area contributed by atoms with Crippen LogP contribution >= 0.6 is 0 Å². The molecule has 1 aliphatic rings. The van der Waals surface area contributed by atoms with Crippen LogP contribution in [0.1, 0.15) is 66.5 Å². The van der Waals surface area contributed by atoms with Crippen LogP contribution < -0.4 is 5.32 Å². The van der Waals surface area contributed by atoms with Crippen molar-refractivity contribution in [3.63, 3.8) is 0 Å². The Balaban J connectivity index is 0.000000956. The van der Waals surface area contributed by atoms with E-state index in [1.165, 1.54) is 18.5 Å². The topological polar surface area (TPSA) is 42.7 Å². The molecule has 1 aliphatic carbocycles. The SMILES string of the molecule is CC.CC1(Cn2nncc2CCCNC(C)(C)C)CC1. The van der Waals surface area contributed by atoms with Crippen LogP contribution in [0.2, 0.25) is 0 Å². The molecule has 1 heterocycles. The summed E-state index contributed by atoms with van der Waals surface area (Å²) in [5.41, 5.74) is 1.98. The van der Waals surface area contributed by atoms with Gasteiger partial charge in [0.05, 0.1) is 11.9 Å². The summed E-state index contributed by atoms with van der Waals surface area (Å²) in [5, 5.41) is 11.8. The van der Waals surface area contributed by atoms with Gasteiger partial charge in [0.15, 0.2) is 0 Å². The Kier molecular flexibility index (Phi) is 6.18. The molecule has 1 aromatic rings. The van der Waals surface area contributed by atoms with E-state index in [0.29, 0.717) is 5.41 Å². The quantitative estimate of drug-likeness (QED) is 0.812. The Morgan fingerprint density at radius 1 is 1.30 bits per heavy atom. The van der Waals surface area contributed by atoms with Gasteiger partial charge in [-0.3, -0.25) is 0 Å². The highest BCUT2D eigenvalue weighted by Crippen LogP contribution is 2.46. The highest BCUT2D eigenvalue weighted by atomic mass is 15.4. The van der Waals surface area contributed by atoms with Crippen molar-refractivity contribution in [3.8, 4) is 0 Å². The average molecular weight is 280 g/mol. The molecule has 2 rings (SSSR count). The third kappa shape index (κ3) is 6.04. The molecule has 0 radical (unpaired) electrons. The monoisotopic (exact) mass is 280 g/mol. The van der Waals surface area contributed by atoms with E-state index in [-0.39, 0.29) is 5.54 Å². The maximum Gasteiger partial charge on any atom is 0.0725 e. The first-order valence-corrected chi connectivity index (χ1v) is 8.00. The Morgan fingerprint density at radius 2 is 1.95 bits per heavy atom. The highest BCUT2D eigenvalue weighted by Gasteiger charge is 2.38. The summed E-state index contributed by atoms with van der Waals surface area (Å²) in [7, 11) is 0. The van der Waals surface area contributed by atoms with Gasteiger partial charge in [0.1, 0.15) is 0 Å². The summed E-state index contributed by atoms with van der Waals surface area (Å²) in [4.78, 5) is 0. The number of hydrogen-bond acceptors (Lipinski definition) is 3. The van der Waals surface area contributed by atoms with Gasteiger partial charge >= 0.3 is 0 Å². The first kappa shape index (κ1) is 17.2. The van der Waals surface area contributed by atoms with E-state index in [1.54, 1.807) is 0 Å². The Morgan fingerprint density at radius 3 is 2.50 bits per heavy atom. The molecule has 0 amide bonds. The Bertz CT molecular complexity index is 385. The van der Waals surface area contributed by atoms with E-state index >= 15 is 0 Å². The van der Waals surface area contributed by atoms with E-state index in [4.69, 9.17) is 0 Å². The zero-order valence-corrected chi connectivity index (χ0v) is 14.2. The largest absolute Gasteiger partial charge is 0.312 e. The van der Waals surface area contributed by atoms with Crippen molar-refractivity contribution in [3.05, 3.63) is 11.9 Å². The molecule has 4 nitrogen and oxygen atoms in total. The second-order valence-electron chi connectivity index (χ2n) is 6.97. The van der Waals surface area contributed by atoms with Gasteiger partial charge in [-0.05, 0) is 58.4 Å². The average Bonchev–Trinajstić information content (AvgIpc) is 2.94. The molecule has 1 saturated carbocycles. The molecule has 4 heteroatoms. The molecule has 1 N–H and O–H groups in total. The van der Waals surface area contributed by atoms with Crippen LogP contribution in [0.3, 0.4) is 0 Å². The third-order valence-electron chi connectivity index (χ3n) is 3.60. The molecule has 0 aliphatic heterocycles. The number of rotatable bonds is 6. The van der Waals surface area contributed by atoms with Gasteiger partial charge in [0.2, 0.25) is 0 Å². The zero-order valence-electron chi connectivity index (χ0n) is 14.2. The number of aromatic nitrogens is 3. The maximum absolute atomic E-state index is 4.22. The van der Waals surface area contributed by atoms with Crippen LogP contribution in [0.15, 0.2) is 6.20 Å². The second kappa shape index (κ2) is 7.21. The molecule has 20 heavy (non-hydrogen) atoms. The molecule has 0 unspecified atom stereocenters. The minimum absolute atomic E-state index is 0.208.